The van der Waals surface area contributed by atoms with Gasteiger partial charge in [0.1, 0.15) is 5.00 Å². The molecule has 2 N–H and O–H groups in total. The van der Waals surface area contributed by atoms with Crippen LogP contribution in [0, 0.1) is 5.92 Å². The van der Waals surface area contributed by atoms with Crippen molar-refractivity contribution in [3.8, 4) is 0 Å². The average Bonchev–Trinajstić information content (AvgIpc) is 2.78. The van der Waals surface area contributed by atoms with Crippen LogP contribution in [0.15, 0.2) is 11.4 Å². The van der Waals surface area contributed by atoms with Gasteiger partial charge in [-0.2, -0.15) is 0 Å². The standard InChI is InChI=1S/C13H17NO3S/c15-11(8-9-4-2-1-3-5-9)14-12-10(13(16)17)6-7-18-12/h6-7,9H,1-5,8H2,(H,14,15)(H,16,17). The molecule has 0 radical (unpaired) electrons. The number of carbonyl (C=O) groups is 2. The van der Waals surface area contributed by atoms with Crippen LogP contribution in [0.2, 0.25) is 0 Å². The lowest BCUT2D eigenvalue weighted by Gasteiger charge is -2.20. The van der Waals surface area contributed by atoms with Crippen molar-refractivity contribution in [1.82, 2.24) is 0 Å². The molecule has 1 saturated carbocycles. The molecule has 0 atom stereocenters. The molecule has 1 aliphatic carbocycles. The minimum absolute atomic E-state index is 0.0631. The third-order valence-electron chi connectivity index (χ3n) is 3.35. The summed E-state index contributed by atoms with van der Waals surface area (Å²) in [4.78, 5) is 22.8. The van der Waals surface area contributed by atoms with Gasteiger partial charge in [-0.15, -0.1) is 11.3 Å². The minimum atomic E-state index is -0.996. The molecule has 0 bridgehead atoms. The molecular weight excluding hydrogens is 250 g/mol. The number of thiophene rings is 1. The maximum Gasteiger partial charge on any atom is 0.338 e. The zero-order valence-electron chi connectivity index (χ0n) is 10.1. The molecule has 1 aromatic rings. The first kappa shape index (κ1) is 13.1. The van der Waals surface area contributed by atoms with Crippen molar-refractivity contribution in [1.29, 1.82) is 0 Å². The van der Waals surface area contributed by atoms with Gasteiger partial charge in [0.15, 0.2) is 0 Å². The summed E-state index contributed by atoms with van der Waals surface area (Å²) in [5.41, 5.74) is 0.178. The van der Waals surface area contributed by atoms with Gasteiger partial charge in [-0.05, 0) is 30.2 Å². The first-order chi connectivity index (χ1) is 8.66. The molecule has 1 heterocycles. The maximum absolute atomic E-state index is 11.9. The number of carbonyl (C=O) groups excluding carboxylic acids is 1. The smallest absolute Gasteiger partial charge is 0.338 e. The van der Waals surface area contributed by atoms with Crippen molar-refractivity contribution >= 4 is 28.2 Å². The fourth-order valence-corrected chi connectivity index (χ4v) is 3.20. The highest BCUT2D eigenvalue weighted by Crippen LogP contribution is 2.28. The van der Waals surface area contributed by atoms with E-state index in [-0.39, 0.29) is 11.5 Å². The highest BCUT2D eigenvalue weighted by atomic mass is 32.1. The van der Waals surface area contributed by atoms with Crippen molar-refractivity contribution in [2.45, 2.75) is 38.5 Å². The Labute approximate surface area is 110 Å². The molecule has 1 amide bonds. The Balaban J connectivity index is 1.90. The Morgan fingerprint density at radius 2 is 2.06 bits per heavy atom. The van der Waals surface area contributed by atoms with Crippen LogP contribution in [0.5, 0.6) is 0 Å². The van der Waals surface area contributed by atoms with E-state index in [1.54, 1.807) is 5.38 Å². The van der Waals surface area contributed by atoms with E-state index in [0.29, 0.717) is 17.3 Å². The van der Waals surface area contributed by atoms with Gasteiger partial charge in [0, 0.05) is 6.42 Å². The van der Waals surface area contributed by atoms with Gasteiger partial charge in [-0.1, -0.05) is 19.3 Å². The second-order valence-corrected chi connectivity index (χ2v) is 5.64. The third kappa shape index (κ3) is 3.32. The minimum Gasteiger partial charge on any atom is -0.478 e. The summed E-state index contributed by atoms with van der Waals surface area (Å²) in [6.45, 7) is 0. The van der Waals surface area contributed by atoms with Gasteiger partial charge >= 0.3 is 5.97 Å². The Morgan fingerprint density at radius 3 is 2.72 bits per heavy atom. The zero-order chi connectivity index (χ0) is 13.0. The van der Waals surface area contributed by atoms with E-state index in [0.717, 1.165) is 12.8 Å². The van der Waals surface area contributed by atoms with E-state index in [1.807, 2.05) is 0 Å². The van der Waals surface area contributed by atoms with Gasteiger partial charge in [0.05, 0.1) is 5.56 Å². The summed E-state index contributed by atoms with van der Waals surface area (Å²) in [6.07, 6.45) is 6.42. The molecular formula is C13H17NO3S. The Kier molecular flexibility index (Phi) is 4.36. The van der Waals surface area contributed by atoms with Gasteiger partial charge in [0.2, 0.25) is 5.91 Å². The van der Waals surface area contributed by atoms with E-state index in [4.69, 9.17) is 5.11 Å². The van der Waals surface area contributed by atoms with E-state index in [2.05, 4.69) is 5.32 Å². The molecule has 5 heteroatoms. The second-order valence-electron chi connectivity index (χ2n) is 4.72. The molecule has 0 unspecified atom stereocenters. The quantitative estimate of drug-likeness (QED) is 0.879. The molecule has 98 valence electrons. The Hall–Kier alpha value is -1.36. The lowest BCUT2D eigenvalue weighted by molar-refractivity contribution is -0.117. The highest BCUT2D eigenvalue weighted by Gasteiger charge is 2.19. The molecule has 0 aliphatic heterocycles. The van der Waals surface area contributed by atoms with Gasteiger partial charge in [0.25, 0.3) is 0 Å². The first-order valence-corrected chi connectivity index (χ1v) is 7.15. The van der Waals surface area contributed by atoms with Crippen LogP contribution in [0.25, 0.3) is 0 Å². The van der Waals surface area contributed by atoms with Crippen LogP contribution < -0.4 is 5.32 Å². The van der Waals surface area contributed by atoms with Gasteiger partial charge in [-0.3, -0.25) is 4.79 Å². The lowest BCUT2D eigenvalue weighted by Crippen LogP contribution is -2.18. The maximum atomic E-state index is 11.9. The predicted molar refractivity (Wildman–Crippen MR) is 71.1 cm³/mol. The van der Waals surface area contributed by atoms with Crippen molar-refractivity contribution in [2.75, 3.05) is 5.32 Å². The van der Waals surface area contributed by atoms with Crippen LogP contribution in [-0.2, 0) is 4.79 Å². The Bertz CT molecular complexity index is 435. The topological polar surface area (TPSA) is 66.4 Å². The van der Waals surface area contributed by atoms with Crippen molar-refractivity contribution in [2.24, 2.45) is 5.92 Å². The molecule has 1 fully saturated rings. The van der Waals surface area contributed by atoms with Crippen LogP contribution in [0.4, 0.5) is 5.00 Å². The first-order valence-electron chi connectivity index (χ1n) is 6.27. The molecule has 2 rings (SSSR count). The average molecular weight is 267 g/mol. The number of carboxylic acids is 1. The number of nitrogens with one attached hydrogen (secondary N) is 1. The van der Waals surface area contributed by atoms with Crippen LogP contribution in [0.1, 0.15) is 48.9 Å². The highest BCUT2D eigenvalue weighted by molar-refractivity contribution is 7.14. The largest absolute Gasteiger partial charge is 0.478 e. The molecule has 0 aromatic carbocycles. The van der Waals surface area contributed by atoms with Gasteiger partial charge in [-0.25, -0.2) is 4.79 Å². The summed E-state index contributed by atoms with van der Waals surface area (Å²) in [5, 5.41) is 13.8. The molecule has 1 aliphatic rings. The number of hydrogen-bond donors (Lipinski definition) is 2. The number of hydrogen-bond acceptors (Lipinski definition) is 3. The van der Waals surface area contributed by atoms with E-state index in [1.165, 1.54) is 36.7 Å². The monoisotopic (exact) mass is 267 g/mol. The van der Waals surface area contributed by atoms with Crippen LogP contribution in [-0.4, -0.2) is 17.0 Å². The SMILES string of the molecule is O=C(CC1CCCCC1)Nc1sccc1C(=O)O. The summed E-state index contributed by atoms with van der Waals surface area (Å²) >= 11 is 1.26. The number of carboxylic acid groups (broad SMARTS) is 1. The summed E-state index contributed by atoms with van der Waals surface area (Å²) in [6, 6.07) is 1.52. The number of rotatable bonds is 4. The molecule has 0 saturated heterocycles. The summed E-state index contributed by atoms with van der Waals surface area (Å²) in [5.74, 6) is -0.594. The summed E-state index contributed by atoms with van der Waals surface area (Å²) in [7, 11) is 0. The Morgan fingerprint density at radius 1 is 1.33 bits per heavy atom. The van der Waals surface area contributed by atoms with E-state index >= 15 is 0 Å². The molecule has 0 spiro atoms. The van der Waals surface area contributed by atoms with Crippen LogP contribution in [0.3, 0.4) is 0 Å². The molecule has 1 aromatic heterocycles. The van der Waals surface area contributed by atoms with Gasteiger partial charge < -0.3 is 10.4 Å². The summed E-state index contributed by atoms with van der Waals surface area (Å²) < 4.78 is 0. The molecule has 18 heavy (non-hydrogen) atoms. The zero-order valence-corrected chi connectivity index (χ0v) is 11.0. The van der Waals surface area contributed by atoms with Crippen LogP contribution >= 0.6 is 11.3 Å². The number of amides is 1. The fourth-order valence-electron chi connectivity index (χ4n) is 2.41. The van der Waals surface area contributed by atoms with E-state index in [9.17, 15) is 9.59 Å². The van der Waals surface area contributed by atoms with Crippen molar-refractivity contribution < 1.29 is 14.7 Å². The fraction of sp³-hybridized carbons (Fsp3) is 0.538. The second kappa shape index (κ2) is 6.00. The number of anilines is 1. The third-order valence-corrected chi connectivity index (χ3v) is 4.18. The van der Waals surface area contributed by atoms with Crippen molar-refractivity contribution in [3.05, 3.63) is 17.0 Å². The molecule has 4 nitrogen and oxygen atoms in total. The normalized spacial score (nSPS) is 16.4. The predicted octanol–water partition coefficient (Wildman–Crippen LogP) is 3.36. The number of aromatic carboxylic acids is 1. The lowest BCUT2D eigenvalue weighted by atomic mass is 9.87. The van der Waals surface area contributed by atoms with Crippen molar-refractivity contribution in [3.63, 3.8) is 0 Å². The van der Waals surface area contributed by atoms with E-state index < -0.39 is 5.97 Å².